The zero-order chi connectivity index (χ0) is 10.6. The van der Waals surface area contributed by atoms with Crippen LogP contribution in [0.4, 0.5) is 0 Å². The van der Waals surface area contributed by atoms with Crippen molar-refractivity contribution in [2.75, 3.05) is 6.54 Å². The number of nitrogens with one attached hydrogen (secondary N) is 1. The van der Waals surface area contributed by atoms with E-state index in [1.54, 1.807) is 0 Å². The molecule has 0 heterocycles. The van der Waals surface area contributed by atoms with Gasteiger partial charge in [0, 0.05) is 12.3 Å². The molecule has 0 rings (SSSR count). The van der Waals surface area contributed by atoms with E-state index in [0.717, 1.165) is 13.0 Å². The Hall–Kier alpha value is -0.530. The maximum absolute atomic E-state index is 4.24. The van der Waals surface area contributed by atoms with Gasteiger partial charge in [-0.15, -0.1) is 0 Å². The fraction of sp³-hybridized carbons (Fsp3) is 0.917. The van der Waals surface area contributed by atoms with Crippen LogP contribution in [0.2, 0.25) is 0 Å². The third kappa shape index (κ3) is 9.56. The van der Waals surface area contributed by atoms with Gasteiger partial charge in [0.25, 0.3) is 0 Å². The van der Waals surface area contributed by atoms with E-state index in [9.17, 15) is 0 Å². The van der Waals surface area contributed by atoms with Crippen molar-refractivity contribution in [3.8, 4) is 0 Å². The summed E-state index contributed by atoms with van der Waals surface area (Å²) < 4.78 is 0. The smallest absolute Gasteiger partial charge is 0.0344 e. The average Bonchev–Trinajstić information content (AvgIpc) is 2.21. The van der Waals surface area contributed by atoms with Crippen LogP contribution in [0.25, 0.3) is 0 Å². The Balaban J connectivity index is 3.06. The lowest BCUT2D eigenvalue weighted by molar-refractivity contribution is 0.581. The fourth-order valence-electron chi connectivity index (χ4n) is 1.25. The van der Waals surface area contributed by atoms with E-state index in [1.165, 1.54) is 44.2 Å². The van der Waals surface area contributed by atoms with Gasteiger partial charge in [-0.1, -0.05) is 46.0 Å². The summed E-state index contributed by atoms with van der Waals surface area (Å²) >= 11 is 0. The van der Waals surface area contributed by atoms with Crippen molar-refractivity contribution in [3.63, 3.8) is 0 Å². The molecule has 0 saturated carbocycles. The summed E-state index contributed by atoms with van der Waals surface area (Å²) in [6.07, 6.45) is 9.14. The quantitative estimate of drug-likeness (QED) is 0.341. The molecule has 0 aliphatic heterocycles. The summed E-state index contributed by atoms with van der Waals surface area (Å²) in [6, 6.07) is 0. The summed E-state index contributed by atoms with van der Waals surface area (Å²) in [6.45, 7) is 7.48. The molecule has 14 heavy (non-hydrogen) atoms. The second-order valence-corrected chi connectivity index (χ2v) is 3.88. The highest BCUT2D eigenvalue weighted by atomic mass is 15.3. The van der Waals surface area contributed by atoms with Gasteiger partial charge in [-0.05, 0) is 19.8 Å². The lowest BCUT2D eigenvalue weighted by atomic mass is 10.1. The minimum Gasteiger partial charge on any atom is -0.310 e. The van der Waals surface area contributed by atoms with E-state index in [1.807, 2.05) is 0 Å². The zero-order valence-corrected chi connectivity index (χ0v) is 10.1. The van der Waals surface area contributed by atoms with Crippen LogP contribution in [0.3, 0.4) is 0 Å². The Morgan fingerprint density at radius 2 is 1.64 bits per heavy atom. The molecule has 2 nitrogen and oxygen atoms in total. The lowest BCUT2D eigenvalue weighted by Crippen LogP contribution is -2.09. The number of hydrogen-bond donors (Lipinski definition) is 1. The second-order valence-electron chi connectivity index (χ2n) is 3.88. The minimum atomic E-state index is 1.03. The molecule has 0 saturated heterocycles. The first kappa shape index (κ1) is 13.5. The molecular weight excluding hydrogens is 172 g/mol. The van der Waals surface area contributed by atoms with Crippen LogP contribution in [0.15, 0.2) is 5.10 Å². The third-order valence-electron chi connectivity index (χ3n) is 2.42. The number of hydrazone groups is 1. The van der Waals surface area contributed by atoms with Crippen LogP contribution in [0.1, 0.15) is 65.7 Å². The number of hydrogen-bond acceptors (Lipinski definition) is 2. The van der Waals surface area contributed by atoms with E-state index >= 15 is 0 Å². The SMILES string of the molecule is CCCCCCCCNN=C(C)CC. The summed E-state index contributed by atoms with van der Waals surface area (Å²) in [4.78, 5) is 0. The molecular formula is C12H26N2. The van der Waals surface area contributed by atoms with E-state index in [0.29, 0.717) is 0 Å². The Kier molecular flexibility index (Phi) is 10.2. The van der Waals surface area contributed by atoms with Crippen molar-refractivity contribution in [3.05, 3.63) is 0 Å². The maximum Gasteiger partial charge on any atom is 0.0344 e. The van der Waals surface area contributed by atoms with Crippen molar-refractivity contribution in [2.45, 2.75) is 65.7 Å². The van der Waals surface area contributed by atoms with Crippen LogP contribution in [-0.2, 0) is 0 Å². The molecule has 0 bridgehead atoms. The van der Waals surface area contributed by atoms with Gasteiger partial charge in [0.1, 0.15) is 0 Å². The predicted molar refractivity (Wildman–Crippen MR) is 64.8 cm³/mol. The molecule has 0 aliphatic rings. The van der Waals surface area contributed by atoms with Crippen molar-refractivity contribution >= 4 is 5.71 Å². The van der Waals surface area contributed by atoms with Gasteiger partial charge < -0.3 is 5.43 Å². The maximum atomic E-state index is 4.24. The van der Waals surface area contributed by atoms with Crippen molar-refractivity contribution < 1.29 is 0 Å². The first-order valence-electron chi connectivity index (χ1n) is 6.07. The molecule has 0 amide bonds. The van der Waals surface area contributed by atoms with Gasteiger partial charge in [0.15, 0.2) is 0 Å². The third-order valence-corrected chi connectivity index (χ3v) is 2.42. The van der Waals surface area contributed by atoms with Crippen molar-refractivity contribution in [1.29, 1.82) is 0 Å². The van der Waals surface area contributed by atoms with E-state index in [-0.39, 0.29) is 0 Å². The lowest BCUT2D eigenvalue weighted by Gasteiger charge is -2.02. The fourth-order valence-corrected chi connectivity index (χ4v) is 1.25. The van der Waals surface area contributed by atoms with Crippen molar-refractivity contribution in [2.24, 2.45) is 5.10 Å². The highest BCUT2D eigenvalue weighted by Gasteiger charge is 1.89. The van der Waals surface area contributed by atoms with Gasteiger partial charge in [-0.25, -0.2) is 0 Å². The van der Waals surface area contributed by atoms with Gasteiger partial charge in [-0.2, -0.15) is 5.10 Å². The largest absolute Gasteiger partial charge is 0.310 e. The summed E-state index contributed by atoms with van der Waals surface area (Å²) in [5.41, 5.74) is 4.31. The summed E-state index contributed by atoms with van der Waals surface area (Å²) in [5, 5.41) is 4.24. The number of unbranched alkanes of at least 4 members (excludes halogenated alkanes) is 5. The van der Waals surface area contributed by atoms with Crippen LogP contribution >= 0.6 is 0 Å². The standard InChI is InChI=1S/C12H26N2/c1-4-6-7-8-9-10-11-13-14-12(3)5-2/h13H,4-11H2,1-3H3. The molecule has 0 aromatic heterocycles. The Bertz CT molecular complexity index is 141. The molecule has 0 aromatic carbocycles. The van der Waals surface area contributed by atoms with Gasteiger partial charge in [0.05, 0.1) is 0 Å². The highest BCUT2D eigenvalue weighted by Crippen LogP contribution is 2.03. The molecule has 0 aromatic rings. The first-order chi connectivity index (χ1) is 6.81. The first-order valence-corrected chi connectivity index (χ1v) is 6.07. The highest BCUT2D eigenvalue weighted by molar-refractivity contribution is 5.81. The second kappa shape index (κ2) is 10.6. The molecule has 0 aliphatic carbocycles. The Morgan fingerprint density at radius 3 is 2.29 bits per heavy atom. The molecule has 1 N–H and O–H groups in total. The topological polar surface area (TPSA) is 24.4 Å². The summed E-state index contributed by atoms with van der Waals surface area (Å²) in [7, 11) is 0. The molecule has 0 spiro atoms. The normalized spacial score (nSPS) is 11.8. The monoisotopic (exact) mass is 198 g/mol. The Labute approximate surface area is 89.2 Å². The molecule has 0 radical (unpaired) electrons. The molecule has 2 heteroatoms. The van der Waals surface area contributed by atoms with Gasteiger partial charge in [-0.3, -0.25) is 0 Å². The molecule has 84 valence electrons. The van der Waals surface area contributed by atoms with E-state index in [4.69, 9.17) is 0 Å². The van der Waals surface area contributed by atoms with E-state index < -0.39 is 0 Å². The minimum absolute atomic E-state index is 1.03. The van der Waals surface area contributed by atoms with Crippen molar-refractivity contribution in [1.82, 2.24) is 5.43 Å². The Morgan fingerprint density at radius 1 is 1.00 bits per heavy atom. The van der Waals surface area contributed by atoms with Crippen LogP contribution in [-0.4, -0.2) is 12.3 Å². The van der Waals surface area contributed by atoms with Crippen LogP contribution < -0.4 is 5.43 Å². The molecule has 0 unspecified atom stereocenters. The predicted octanol–water partition coefficient (Wildman–Crippen LogP) is 3.72. The van der Waals surface area contributed by atoms with E-state index in [2.05, 4.69) is 31.3 Å². The molecule has 0 atom stereocenters. The number of nitrogens with zero attached hydrogens (tertiary/aromatic N) is 1. The van der Waals surface area contributed by atoms with Gasteiger partial charge >= 0.3 is 0 Å². The summed E-state index contributed by atoms with van der Waals surface area (Å²) in [5.74, 6) is 0. The zero-order valence-electron chi connectivity index (χ0n) is 10.1. The van der Waals surface area contributed by atoms with Gasteiger partial charge in [0.2, 0.25) is 0 Å². The van der Waals surface area contributed by atoms with Crippen LogP contribution in [0.5, 0.6) is 0 Å². The van der Waals surface area contributed by atoms with Crippen LogP contribution in [0, 0.1) is 0 Å². The molecule has 0 fully saturated rings. The number of rotatable bonds is 9. The average molecular weight is 198 g/mol.